The maximum Gasteiger partial charge on any atom is 0.200 e. The fourth-order valence-corrected chi connectivity index (χ4v) is 2.67. The largest absolute Gasteiger partial charge is 0.465 e. The van der Waals surface area contributed by atoms with Crippen molar-refractivity contribution in [2.45, 2.75) is 25.6 Å². The van der Waals surface area contributed by atoms with Crippen molar-refractivity contribution in [3.05, 3.63) is 65.7 Å². The third-order valence-electron chi connectivity index (χ3n) is 3.54. The van der Waals surface area contributed by atoms with E-state index in [-0.39, 0.29) is 6.29 Å². The average Bonchev–Trinajstić information content (AvgIpc) is 2.48. The molecule has 0 aromatic heterocycles. The molecule has 98 valence electrons. The van der Waals surface area contributed by atoms with E-state index in [4.69, 9.17) is 9.47 Å². The molecule has 2 heteroatoms. The summed E-state index contributed by atoms with van der Waals surface area (Å²) in [5.41, 5.74) is 2.58. The van der Waals surface area contributed by atoms with Crippen LogP contribution in [0.4, 0.5) is 0 Å². The van der Waals surface area contributed by atoms with Gasteiger partial charge in [-0.15, -0.1) is 0 Å². The second-order valence-electron chi connectivity index (χ2n) is 4.74. The Kier molecular flexibility index (Phi) is 3.51. The van der Waals surface area contributed by atoms with Gasteiger partial charge in [-0.2, -0.15) is 0 Å². The minimum atomic E-state index is -0.148. The van der Waals surface area contributed by atoms with Crippen molar-refractivity contribution in [3.8, 4) is 5.75 Å². The molecule has 0 bridgehead atoms. The number of rotatable bonds is 3. The highest BCUT2D eigenvalue weighted by Gasteiger charge is 2.29. The zero-order valence-corrected chi connectivity index (χ0v) is 11.1. The average molecular weight is 254 g/mol. The van der Waals surface area contributed by atoms with Gasteiger partial charge in [-0.25, -0.2) is 0 Å². The lowest BCUT2D eigenvalue weighted by Gasteiger charge is -2.32. The van der Waals surface area contributed by atoms with E-state index in [1.54, 1.807) is 0 Å². The van der Waals surface area contributed by atoms with Gasteiger partial charge in [-0.05, 0) is 18.6 Å². The summed E-state index contributed by atoms with van der Waals surface area (Å²) in [6.45, 7) is 2.68. The van der Waals surface area contributed by atoms with Crippen LogP contribution in [-0.4, -0.2) is 12.9 Å². The number of fused-ring (bicyclic) bond motifs is 1. The Bertz CT molecular complexity index is 536. The summed E-state index contributed by atoms with van der Waals surface area (Å²) in [6.07, 6.45) is 0.722. The summed E-state index contributed by atoms with van der Waals surface area (Å²) in [6, 6.07) is 18.8. The summed E-state index contributed by atoms with van der Waals surface area (Å²) in [7, 11) is 0. The lowest BCUT2D eigenvalue weighted by Crippen LogP contribution is -2.28. The molecule has 0 aliphatic carbocycles. The highest BCUT2D eigenvalue weighted by molar-refractivity contribution is 5.43. The number of hydrogen-bond donors (Lipinski definition) is 0. The summed E-state index contributed by atoms with van der Waals surface area (Å²) in [5.74, 6) is 1.30. The lowest BCUT2D eigenvalue weighted by molar-refractivity contribution is -0.0893. The normalized spacial score (nSPS) is 21.5. The van der Waals surface area contributed by atoms with Gasteiger partial charge in [-0.3, -0.25) is 0 Å². The van der Waals surface area contributed by atoms with Gasteiger partial charge < -0.3 is 9.47 Å². The van der Waals surface area contributed by atoms with Gasteiger partial charge in [0.2, 0.25) is 6.29 Å². The summed E-state index contributed by atoms with van der Waals surface area (Å²) in [4.78, 5) is 0. The zero-order chi connectivity index (χ0) is 13.1. The molecule has 0 saturated heterocycles. The fourth-order valence-electron chi connectivity index (χ4n) is 2.67. The molecule has 0 spiro atoms. The Morgan fingerprint density at radius 3 is 2.58 bits per heavy atom. The summed E-state index contributed by atoms with van der Waals surface area (Å²) >= 11 is 0. The van der Waals surface area contributed by atoms with E-state index >= 15 is 0 Å². The highest BCUT2D eigenvalue weighted by atomic mass is 16.7. The SMILES string of the molecule is CCO[C@H]1C[C@@H](c2ccccc2)c2ccccc2O1. The molecule has 1 heterocycles. The van der Waals surface area contributed by atoms with Crippen molar-refractivity contribution >= 4 is 0 Å². The molecule has 0 unspecified atom stereocenters. The monoisotopic (exact) mass is 254 g/mol. The van der Waals surface area contributed by atoms with Gasteiger partial charge in [0, 0.05) is 24.5 Å². The highest BCUT2D eigenvalue weighted by Crippen LogP contribution is 2.40. The van der Waals surface area contributed by atoms with E-state index in [1.807, 2.05) is 19.1 Å². The molecule has 0 radical (unpaired) electrons. The van der Waals surface area contributed by atoms with E-state index in [9.17, 15) is 0 Å². The first kappa shape index (κ1) is 12.2. The molecule has 1 aliphatic heterocycles. The van der Waals surface area contributed by atoms with Crippen LogP contribution in [0.3, 0.4) is 0 Å². The minimum absolute atomic E-state index is 0.148. The molecule has 19 heavy (non-hydrogen) atoms. The standard InChI is InChI=1S/C17H18O2/c1-2-18-17-12-15(13-8-4-3-5-9-13)14-10-6-7-11-16(14)19-17/h3-11,15,17H,2,12H2,1H3/t15-,17+/m0/s1. The molecule has 2 aromatic rings. The second-order valence-corrected chi connectivity index (χ2v) is 4.74. The van der Waals surface area contributed by atoms with Gasteiger partial charge in [0.15, 0.2) is 0 Å². The van der Waals surface area contributed by atoms with Gasteiger partial charge in [0.1, 0.15) is 5.75 Å². The molecule has 2 aromatic carbocycles. The second kappa shape index (κ2) is 5.45. The lowest BCUT2D eigenvalue weighted by atomic mass is 9.86. The predicted molar refractivity (Wildman–Crippen MR) is 75.4 cm³/mol. The molecule has 3 rings (SSSR count). The van der Waals surface area contributed by atoms with E-state index < -0.39 is 0 Å². The van der Waals surface area contributed by atoms with Crippen molar-refractivity contribution in [3.63, 3.8) is 0 Å². The van der Waals surface area contributed by atoms with Crippen molar-refractivity contribution in [1.29, 1.82) is 0 Å². The molecule has 0 amide bonds. The Labute approximate surface area is 114 Å². The van der Waals surface area contributed by atoms with Gasteiger partial charge in [-0.1, -0.05) is 48.5 Å². The van der Waals surface area contributed by atoms with Crippen LogP contribution in [0, 0.1) is 0 Å². The molecule has 2 nitrogen and oxygen atoms in total. The van der Waals surface area contributed by atoms with Crippen LogP contribution < -0.4 is 4.74 Å². The molecular formula is C17H18O2. The zero-order valence-electron chi connectivity index (χ0n) is 11.1. The third kappa shape index (κ3) is 2.49. The maximum atomic E-state index is 5.90. The first-order valence-electron chi connectivity index (χ1n) is 6.80. The van der Waals surface area contributed by atoms with Crippen molar-refractivity contribution < 1.29 is 9.47 Å². The van der Waals surface area contributed by atoms with E-state index in [0.29, 0.717) is 12.5 Å². The first-order valence-corrected chi connectivity index (χ1v) is 6.80. The van der Waals surface area contributed by atoms with Gasteiger partial charge in [0.05, 0.1) is 0 Å². The third-order valence-corrected chi connectivity index (χ3v) is 3.54. The van der Waals surface area contributed by atoms with E-state index in [2.05, 4.69) is 42.5 Å². The molecular weight excluding hydrogens is 236 g/mol. The van der Waals surface area contributed by atoms with Crippen molar-refractivity contribution in [2.24, 2.45) is 0 Å². The number of benzene rings is 2. The molecule has 0 fully saturated rings. The van der Waals surface area contributed by atoms with Crippen LogP contribution in [0.1, 0.15) is 30.4 Å². The van der Waals surface area contributed by atoms with Crippen molar-refractivity contribution in [1.82, 2.24) is 0 Å². The molecule has 1 aliphatic rings. The summed E-state index contributed by atoms with van der Waals surface area (Å²) in [5, 5.41) is 0. The summed E-state index contributed by atoms with van der Waals surface area (Å²) < 4.78 is 11.6. The number of hydrogen-bond acceptors (Lipinski definition) is 2. The molecule has 0 saturated carbocycles. The van der Waals surface area contributed by atoms with Crippen LogP contribution >= 0.6 is 0 Å². The molecule has 2 atom stereocenters. The predicted octanol–water partition coefficient (Wildman–Crippen LogP) is 3.96. The topological polar surface area (TPSA) is 18.5 Å². The Morgan fingerprint density at radius 1 is 1.05 bits per heavy atom. The quantitative estimate of drug-likeness (QED) is 0.825. The van der Waals surface area contributed by atoms with Gasteiger partial charge >= 0.3 is 0 Å². The van der Waals surface area contributed by atoms with E-state index in [1.165, 1.54) is 11.1 Å². The smallest absolute Gasteiger partial charge is 0.200 e. The van der Waals surface area contributed by atoms with Crippen LogP contribution in [-0.2, 0) is 4.74 Å². The van der Waals surface area contributed by atoms with E-state index in [0.717, 1.165) is 12.2 Å². The molecule has 0 N–H and O–H groups in total. The Balaban J connectivity index is 1.98. The fraction of sp³-hybridized carbons (Fsp3) is 0.294. The minimum Gasteiger partial charge on any atom is -0.465 e. The van der Waals surface area contributed by atoms with Crippen molar-refractivity contribution in [2.75, 3.05) is 6.61 Å². The Hall–Kier alpha value is -1.80. The van der Waals surface area contributed by atoms with Crippen LogP contribution in [0.2, 0.25) is 0 Å². The number of para-hydroxylation sites is 1. The van der Waals surface area contributed by atoms with Gasteiger partial charge in [0.25, 0.3) is 0 Å². The Morgan fingerprint density at radius 2 is 1.79 bits per heavy atom. The van der Waals surface area contributed by atoms with Crippen LogP contribution in [0.5, 0.6) is 5.75 Å². The first-order chi connectivity index (χ1) is 9.38. The maximum absolute atomic E-state index is 5.90. The van der Waals surface area contributed by atoms with Crippen LogP contribution in [0.15, 0.2) is 54.6 Å². The van der Waals surface area contributed by atoms with Crippen LogP contribution in [0.25, 0.3) is 0 Å². The number of ether oxygens (including phenoxy) is 2.